The number of thiophene rings is 1. The minimum absolute atomic E-state index is 0.227. The predicted molar refractivity (Wildman–Crippen MR) is 128 cm³/mol. The Morgan fingerprint density at radius 3 is 2.66 bits per heavy atom. The summed E-state index contributed by atoms with van der Waals surface area (Å²) in [4.78, 5) is 25.9. The Morgan fingerprint density at radius 2 is 1.94 bits per heavy atom. The summed E-state index contributed by atoms with van der Waals surface area (Å²) in [5, 5.41) is 11.8. The lowest BCUT2D eigenvalue weighted by molar-refractivity contribution is -0.114. The Kier molecular flexibility index (Phi) is 6.16. The highest BCUT2D eigenvalue weighted by Gasteiger charge is 2.18. The van der Waals surface area contributed by atoms with E-state index in [1.165, 1.54) is 25.4 Å². The molecule has 2 N–H and O–H groups in total. The second kappa shape index (κ2) is 9.02. The number of aromatic nitrogens is 2. The summed E-state index contributed by atoms with van der Waals surface area (Å²) < 4.78 is 7.13. The summed E-state index contributed by atoms with van der Waals surface area (Å²) in [5.41, 5.74) is 2.84. The van der Waals surface area contributed by atoms with Gasteiger partial charge in [0.15, 0.2) is 0 Å². The number of amides is 2. The second-order valence-corrected chi connectivity index (χ2v) is 8.65. The fourth-order valence-electron chi connectivity index (χ4n) is 3.39. The summed E-state index contributed by atoms with van der Waals surface area (Å²) in [7, 11) is 1.52. The van der Waals surface area contributed by atoms with E-state index < -0.39 is 0 Å². The number of nitrogens with one attached hydrogen (secondary N) is 2. The quantitative estimate of drug-likeness (QED) is 0.400. The number of nitrogens with zero attached hydrogens (tertiary/aromatic N) is 2. The summed E-state index contributed by atoms with van der Waals surface area (Å²) in [6, 6.07) is 14.6. The monoisotopic (exact) mass is 468 g/mol. The normalized spacial score (nSPS) is 10.9. The third-order valence-corrected chi connectivity index (χ3v) is 6.39. The number of ether oxygens (including phenoxy) is 1. The van der Waals surface area contributed by atoms with Gasteiger partial charge in [0.05, 0.1) is 29.9 Å². The molecule has 4 aromatic rings. The molecule has 9 heteroatoms. The zero-order valence-corrected chi connectivity index (χ0v) is 19.3. The van der Waals surface area contributed by atoms with Crippen molar-refractivity contribution in [3.05, 3.63) is 69.7 Å². The number of halogens is 1. The fraction of sp³-hybridized carbons (Fsp3) is 0.174. The van der Waals surface area contributed by atoms with E-state index >= 15 is 0 Å². The molecule has 0 aliphatic carbocycles. The fourth-order valence-corrected chi connectivity index (χ4v) is 4.64. The number of methoxy groups -OCH3 is 1. The van der Waals surface area contributed by atoms with Crippen LogP contribution in [0.1, 0.15) is 27.9 Å². The van der Waals surface area contributed by atoms with Gasteiger partial charge in [0, 0.05) is 23.0 Å². The van der Waals surface area contributed by atoms with Crippen LogP contribution in [0.15, 0.2) is 48.5 Å². The molecule has 4 rings (SSSR count). The predicted octanol–water partition coefficient (Wildman–Crippen LogP) is 5.33. The zero-order chi connectivity index (χ0) is 22.8. The van der Waals surface area contributed by atoms with E-state index in [0.717, 1.165) is 21.5 Å². The van der Waals surface area contributed by atoms with Gasteiger partial charge in [0.25, 0.3) is 5.91 Å². The molecule has 0 bridgehead atoms. The van der Waals surface area contributed by atoms with Gasteiger partial charge in [-0.3, -0.25) is 14.3 Å². The number of carbonyl (C=O) groups is 2. The van der Waals surface area contributed by atoms with Crippen LogP contribution in [-0.4, -0.2) is 28.7 Å². The molecule has 0 fully saturated rings. The molecular formula is C23H21ClN4O3S. The summed E-state index contributed by atoms with van der Waals surface area (Å²) in [5.74, 6) is 0.0408. The largest absolute Gasteiger partial charge is 0.495 e. The lowest BCUT2D eigenvalue weighted by Gasteiger charge is -2.11. The minimum atomic E-state index is -0.242. The number of rotatable bonds is 6. The van der Waals surface area contributed by atoms with Gasteiger partial charge in [0.2, 0.25) is 5.91 Å². The third kappa shape index (κ3) is 4.46. The van der Waals surface area contributed by atoms with Crippen molar-refractivity contribution in [2.24, 2.45) is 0 Å². The number of fused-ring (bicyclic) bond motifs is 1. The molecule has 0 saturated carbocycles. The van der Waals surface area contributed by atoms with Crippen LogP contribution >= 0.6 is 22.9 Å². The first kappa shape index (κ1) is 21.9. The molecule has 0 saturated heterocycles. The number of carbonyl (C=O) groups excluding carboxylic acids is 2. The molecule has 0 atom stereocenters. The van der Waals surface area contributed by atoms with Gasteiger partial charge in [0.1, 0.15) is 10.6 Å². The molecule has 2 aromatic carbocycles. The average molecular weight is 469 g/mol. The van der Waals surface area contributed by atoms with Crippen molar-refractivity contribution < 1.29 is 14.3 Å². The van der Waals surface area contributed by atoms with E-state index in [2.05, 4.69) is 15.7 Å². The Hall–Kier alpha value is -3.36. The molecule has 2 aromatic heterocycles. The van der Waals surface area contributed by atoms with Crippen molar-refractivity contribution in [1.82, 2.24) is 9.78 Å². The Labute approximate surface area is 194 Å². The number of hydrogen-bond acceptors (Lipinski definition) is 5. The molecule has 2 amide bonds. The highest BCUT2D eigenvalue weighted by Crippen LogP contribution is 2.31. The van der Waals surface area contributed by atoms with Crippen molar-refractivity contribution in [2.75, 3.05) is 17.7 Å². The van der Waals surface area contributed by atoms with Crippen molar-refractivity contribution in [1.29, 1.82) is 0 Å². The Bertz CT molecular complexity index is 1330. The molecule has 0 aliphatic heterocycles. The Balaban J connectivity index is 1.60. The topological polar surface area (TPSA) is 85.2 Å². The van der Waals surface area contributed by atoms with Gasteiger partial charge in [-0.1, -0.05) is 29.8 Å². The first-order valence-electron chi connectivity index (χ1n) is 9.83. The molecule has 0 spiro atoms. The van der Waals surface area contributed by atoms with Crippen LogP contribution < -0.4 is 15.4 Å². The van der Waals surface area contributed by atoms with E-state index in [4.69, 9.17) is 16.3 Å². The van der Waals surface area contributed by atoms with Crippen molar-refractivity contribution >= 4 is 56.3 Å². The highest BCUT2D eigenvalue weighted by atomic mass is 35.5. The first-order valence-corrected chi connectivity index (χ1v) is 11.0. The number of anilines is 2. The van der Waals surface area contributed by atoms with Crippen LogP contribution in [0.3, 0.4) is 0 Å². The van der Waals surface area contributed by atoms with Crippen molar-refractivity contribution in [3.63, 3.8) is 0 Å². The molecule has 2 heterocycles. The maximum atomic E-state index is 12.9. The van der Waals surface area contributed by atoms with Crippen LogP contribution in [0.25, 0.3) is 10.2 Å². The number of hydrogen-bond donors (Lipinski definition) is 2. The maximum Gasteiger partial charge on any atom is 0.265 e. The molecule has 32 heavy (non-hydrogen) atoms. The van der Waals surface area contributed by atoms with Gasteiger partial charge in [-0.25, -0.2) is 0 Å². The standard InChI is InChI=1S/C23H21ClN4O3S/c1-13-17-11-21(32-23(17)28(27-13)12-15-6-4-5-7-18(15)24)22(30)26-16-8-9-20(31-3)19(10-16)25-14(2)29/h4-11H,12H2,1-3H3,(H,25,29)(H,26,30). The lowest BCUT2D eigenvalue weighted by Crippen LogP contribution is -2.12. The van der Waals surface area contributed by atoms with Crippen LogP contribution in [0.4, 0.5) is 11.4 Å². The number of benzene rings is 2. The zero-order valence-electron chi connectivity index (χ0n) is 17.7. The van der Waals surface area contributed by atoms with E-state index in [9.17, 15) is 9.59 Å². The number of aryl methyl sites for hydroxylation is 1. The van der Waals surface area contributed by atoms with E-state index in [-0.39, 0.29) is 11.8 Å². The average Bonchev–Trinajstić information content (AvgIpc) is 3.31. The minimum Gasteiger partial charge on any atom is -0.495 e. The van der Waals surface area contributed by atoms with Gasteiger partial charge in [-0.05, 0) is 42.8 Å². The molecular weight excluding hydrogens is 448 g/mol. The third-order valence-electron chi connectivity index (χ3n) is 4.88. The van der Waals surface area contributed by atoms with Crippen LogP contribution in [-0.2, 0) is 11.3 Å². The highest BCUT2D eigenvalue weighted by molar-refractivity contribution is 7.20. The lowest BCUT2D eigenvalue weighted by atomic mass is 10.2. The van der Waals surface area contributed by atoms with E-state index in [1.54, 1.807) is 18.2 Å². The molecule has 0 radical (unpaired) electrons. The molecule has 7 nitrogen and oxygen atoms in total. The SMILES string of the molecule is COc1ccc(NC(=O)c2cc3c(C)nn(Cc4ccccc4Cl)c3s2)cc1NC(C)=O. The first-order chi connectivity index (χ1) is 15.4. The van der Waals surface area contributed by atoms with Crippen molar-refractivity contribution in [2.45, 2.75) is 20.4 Å². The van der Waals surface area contributed by atoms with Gasteiger partial charge in [-0.15, -0.1) is 11.3 Å². The van der Waals surface area contributed by atoms with Crippen LogP contribution in [0.5, 0.6) is 5.75 Å². The van der Waals surface area contributed by atoms with Crippen molar-refractivity contribution in [3.8, 4) is 5.75 Å². The Morgan fingerprint density at radius 1 is 1.16 bits per heavy atom. The summed E-state index contributed by atoms with van der Waals surface area (Å²) in [6.45, 7) is 3.85. The molecule has 164 valence electrons. The summed E-state index contributed by atoms with van der Waals surface area (Å²) in [6.07, 6.45) is 0. The summed E-state index contributed by atoms with van der Waals surface area (Å²) >= 11 is 7.68. The van der Waals surface area contributed by atoms with Gasteiger partial charge < -0.3 is 15.4 Å². The van der Waals surface area contributed by atoms with Gasteiger partial charge >= 0.3 is 0 Å². The van der Waals surface area contributed by atoms with Crippen LogP contribution in [0, 0.1) is 6.92 Å². The molecule has 0 aliphatic rings. The van der Waals surface area contributed by atoms with E-state index in [1.807, 2.05) is 41.9 Å². The van der Waals surface area contributed by atoms with E-state index in [0.29, 0.717) is 33.6 Å². The molecule has 0 unspecified atom stereocenters. The second-order valence-electron chi connectivity index (χ2n) is 7.21. The van der Waals surface area contributed by atoms with Crippen LogP contribution in [0.2, 0.25) is 5.02 Å². The maximum absolute atomic E-state index is 12.9. The van der Waals surface area contributed by atoms with Gasteiger partial charge in [-0.2, -0.15) is 5.10 Å². The smallest absolute Gasteiger partial charge is 0.265 e.